The largest absolute Gasteiger partial charge is 0.495 e. The zero-order chi connectivity index (χ0) is 14.8. The van der Waals surface area contributed by atoms with E-state index in [1.165, 1.54) is 37.4 Å². The third-order valence-corrected chi connectivity index (χ3v) is 4.40. The van der Waals surface area contributed by atoms with Gasteiger partial charge in [0.2, 0.25) is 0 Å². The first kappa shape index (κ1) is 15.0. The van der Waals surface area contributed by atoms with Gasteiger partial charge in [0.25, 0.3) is 10.0 Å². The fourth-order valence-electron chi connectivity index (χ4n) is 1.58. The molecule has 0 heterocycles. The van der Waals surface area contributed by atoms with Crippen LogP contribution in [-0.2, 0) is 10.0 Å². The molecule has 0 radical (unpaired) electrons. The molecule has 2 aromatic carbocycles. The lowest BCUT2D eigenvalue weighted by Gasteiger charge is -2.12. The van der Waals surface area contributed by atoms with E-state index in [0.29, 0.717) is 15.8 Å². The molecule has 4 nitrogen and oxygen atoms in total. The van der Waals surface area contributed by atoms with E-state index in [-0.39, 0.29) is 10.6 Å². The van der Waals surface area contributed by atoms with E-state index in [9.17, 15) is 8.42 Å². The predicted octanol–water partition coefficient (Wildman–Crippen LogP) is 3.80. The summed E-state index contributed by atoms with van der Waals surface area (Å²) in [7, 11) is -2.28. The SMILES string of the molecule is COc1ccc(Cl)cc1NS(=O)(=O)c1ccc(Cl)cc1. The number of methoxy groups -OCH3 is 1. The first-order chi connectivity index (χ1) is 9.42. The highest BCUT2D eigenvalue weighted by Crippen LogP contribution is 2.29. The van der Waals surface area contributed by atoms with Crippen molar-refractivity contribution in [3.8, 4) is 5.75 Å². The molecule has 7 heteroatoms. The van der Waals surface area contributed by atoms with Gasteiger partial charge in [0.05, 0.1) is 17.7 Å². The zero-order valence-electron chi connectivity index (χ0n) is 10.4. The molecule has 0 amide bonds. The molecule has 0 atom stereocenters. The summed E-state index contributed by atoms with van der Waals surface area (Å²) in [5.41, 5.74) is 0.273. The van der Waals surface area contributed by atoms with Crippen molar-refractivity contribution in [2.75, 3.05) is 11.8 Å². The molecule has 0 aliphatic rings. The maximum Gasteiger partial charge on any atom is 0.262 e. The van der Waals surface area contributed by atoms with Gasteiger partial charge in [-0.05, 0) is 42.5 Å². The first-order valence-electron chi connectivity index (χ1n) is 5.54. The lowest BCUT2D eigenvalue weighted by Crippen LogP contribution is -2.13. The average molecular weight is 332 g/mol. The molecule has 20 heavy (non-hydrogen) atoms. The van der Waals surface area contributed by atoms with Gasteiger partial charge >= 0.3 is 0 Å². The lowest BCUT2D eigenvalue weighted by molar-refractivity contribution is 0.417. The summed E-state index contributed by atoms with van der Waals surface area (Å²) in [6, 6.07) is 10.5. The number of hydrogen-bond acceptors (Lipinski definition) is 3. The Labute approximate surface area is 127 Å². The van der Waals surface area contributed by atoms with E-state index in [1.54, 1.807) is 12.1 Å². The zero-order valence-corrected chi connectivity index (χ0v) is 12.8. The Kier molecular flexibility index (Phi) is 4.42. The fraction of sp³-hybridized carbons (Fsp3) is 0.0769. The summed E-state index contributed by atoms with van der Waals surface area (Å²) in [4.78, 5) is 0.101. The molecular weight excluding hydrogens is 321 g/mol. The van der Waals surface area contributed by atoms with Gasteiger partial charge < -0.3 is 4.74 Å². The van der Waals surface area contributed by atoms with Gasteiger partial charge in [-0.1, -0.05) is 23.2 Å². The molecule has 1 N–H and O–H groups in total. The van der Waals surface area contributed by atoms with Crippen LogP contribution in [0.1, 0.15) is 0 Å². The molecule has 0 spiro atoms. The first-order valence-corrected chi connectivity index (χ1v) is 7.78. The van der Waals surface area contributed by atoms with Crippen LogP contribution in [0.15, 0.2) is 47.4 Å². The highest BCUT2D eigenvalue weighted by Gasteiger charge is 2.16. The van der Waals surface area contributed by atoms with Crippen molar-refractivity contribution >= 4 is 38.9 Å². The summed E-state index contributed by atoms with van der Waals surface area (Å²) >= 11 is 11.6. The highest BCUT2D eigenvalue weighted by atomic mass is 35.5. The van der Waals surface area contributed by atoms with E-state index in [2.05, 4.69) is 4.72 Å². The van der Waals surface area contributed by atoms with Gasteiger partial charge in [0, 0.05) is 10.0 Å². The Bertz CT molecular complexity index is 715. The van der Waals surface area contributed by atoms with Crippen molar-refractivity contribution < 1.29 is 13.2 Å². The molecule has 0 saturated carbocycles. The Balaban J connectivity index is 2.37. The quantitative estimate of drug-likeness (QED) is 0.926. The van der Waals surface area contributed by atoms with Gasteiger partial charge in [-0.2, -0.15) is 0 Å². The topological polar surface area (TPSA) is 55.4 Å². The minimum absolute atomic E-state index is 0.101. The summed E-state index contributed by atoms with van der Waals surface area (Å²) in [6.07, 6.45) is 0. The van der Waals surface area contributed by atoms with Crippen molar-refractivity contribution in [2.45, 2.75) is 4.90 Å². The Morgan fingerprint density at radius 3 is 2.20 bits per heavy atom. The van der Waals surface area contributed by atoms with Crippen LogP contribution in [0.4, 0.5) is 5.69 Å². The summed E-state index contributed by atoms with van der Waals surface area (Å²) in [5, 5.41) is 0.865. The minimum atomic E-state index is -3.73. The molecule has 0 unspecified atom stereocenters. The number of hydrogen-bond donors (Lipinski definition) is 1. The molecule has 0 aliphatic carbocycles. The Hall–Kier alpha value is -1.43. The third kappa shape index (κ3) is 3.36. The Morgan fingerprint density at radius 2 is 1.60 bits per heavy atom. The average Bonchev–Trinajstić information content (AvgIpc) is 2.39. The predicted molar refractivity (Wildman–Crippen MR) is 80.3 cm³/mol. The molecule has 0 saturated heterocycles. The second kappa shape index (κ2) is 5.91. The van der Waals surface area contributed by atoms with Crippen LogP contribution in [0.5, 0.6) is 5.75 Å². The van der Waals surface area contributed by atoms with Gasteiger partial charge in [-0.3, -0.25) is 4.72 Å². The molecule has 0 bridgehead atoms. The highest BCUT2D eigenvalue weighted by molar-refractivity contribution is 7.92. The number of halogens is 2. The van der Waals surface area contributed by atoms with Crippen LogP contribution in [0.3, 0.4) is 0 Å². The molecule has 106 valence electrons. The summed E-state index contributed by atoms with van der Waals surface area (Å²) in [5.74, 6) is 0.381. The Morgan fingerprint density at radius 1 is 1.00 bits per heavy atom. The van der Waals surface area contributed by atoms with Crippen LogP contribution in [0, 0.1) is 0 Å². The number of rotatable bonds is 4. The smallest absolute Gasteiger partial charge is 0.262 e. The lowest BCUT2D eigenvalue weighted by atomic mass is 10.3. The molecule has 0 aromatic heterocycles. The summed E-state index contributed by atoms with van der Waals surface area (Å²) < 4.78 is 32.0. The van der Waals surface area contributed by atoms with Crippen molar-refractivity contribution in [1.29, 1.82) is 0 Å². The number of benzene rings is 2. The van der Waals surface area contributed by atoms with Crippen molar-refractivity contribution in [2.24, 2.45) is 0 Å². The van der Waals surface area contributed by atoms with E-state index in [4.69, 9.17) is 27.9 Å². The number of ether oxygens (including phenoxy) is 1. The molecule has 0 aliphatic heterocycles. The van der Waals surface area contributed by atoms with Crippen LogP contribution >= 0.6 is 23.2 Å². The van der Waals surface area contributed by atoms with Crippen LogP contribution < -0.4 is 9.46 Å². The number of anilines is 1. The van der Waals surface area contributed by atoms with Crippen molar-refractivity contribution in [1.82, 2.24) is 0 Å². The van der Waals surface area contributed by atoms with Crippen LogP contribution in [0.2, 0.25) is 10.0 Å². The monoisotopic (exact) mass is 331 g/mol. The van der Waals surface area contributed by atoms with E-state index in [1.807, 2.05) is 0 Å². The van der Waals surface area contributed by atoms with E-state index >= 15 is 0 Å². The van der Waals surface area contributed by atoms with E-state index in [0.717, 1.165) is 0 Å². The number of nitrogens with one attached hydrogen (secondary N) is 1. The number of sulfonamides is 1. The second-order valence-electron chi connectivity index (χ2n) is 3.90. The van der Waals surface area contributed by atoms with Crippen molar-refractivity contribution in [3.05, 3.63) is 52.5 Å². The summed E-state index contributed by atoms with van der Waals surface area (Å²) in [6.45, 7) is 0. The van der Waals surface area contributed by atoms with Gasteiger partial charge in [-0.15, -0.1) is 0 Å². The maximum absolute atomic E-state index is 12.2. The van der Waals surface area contributed by atoms with Gasteiger partial charge in [-0.25, -0.2) is 8.42 Å². The minimum Gasteiger partial charge on any atom is -0.495 e. The van der Waals surface area contributed by atoms with Crippen LogP contribution in [-0.4, -0.2) is 15.5 Å². The molecule has 2 rings (SSSR count). The third-order valence-electron chi connectivity index (χ3n) is 2.53. The normalized spacial score (nSPS) is 11.2. The fourth-order valence-corrected chi connectivity index (χ4v) is 2.94. The maximum atomic E-state index is 12.2. The molecule has 2 aromatic rings. The molecule has 0 fully saturated rings. The van der Waals surface area contributed by atoms with Gasteiger partial charge in [0.1, 0.15) is 5.75 Å². The van der Waals surface area contributed by atoms with Crippen molar-refractivity contribution in [3.63, 3.8) is 0 Å². The van der Waals surface area contributed by atoms with E-state index < -0.39 is 10.0 Å². The molecular formula is C13H11Cl2NO3S. The second-order valence-corrected chi connectivity index (χ2v) is 6.46. The van der Waals surface area contributed by atoms with Gasteiger partial charge in [0.15, 0.2) is 0 Å². The van der Waals surface area contributed by atoms with Crippen LogP contribution in [0.25, 0.3) is 0 Å². The standard InChI is InChI=1S/C13H11Cl2NO3S/c1-19-13-7-4-10(15)8-12(13)16-20(17,18)11-5-2-9(14)3-6-11/h2-8,16H,1H3.